The van der Waals surface area contributed by atoms with Crippen LogP contribution in [0.3, 0.4) is 0 Å². The van der Waals surface area contributed by atoms with Crippen molar-refractivity contribution in [2.45, 2.75) is 6.54 Å². The van der Waals surface area contributed by atoms with Crippen LogP contribution in [0.2, 0.25) is 0 Å². The van der Waals surface area contributed by atoms with E-state index in [2.05, 4.69) is 20.8 Å². The molecule has 17 heavy (non-hydrogen) atoms. The molecule has 1 rings (SSSR count). The first-order chi connectivity index (χ1) is 8.17. The van der Waals surface area contributed by atoms with E-state index in [1.54, 1.807) is 13.2 Å². The van der Waals surface area contributed by atoms with E-state index in [0.717, 1.165) is 29.7 Å². The molecule has 0 bridgehead atoms. The number of nitrogens with zero attached hydrogens (tertiary/aromatic N) is 1. The van der Waals surface area contributed by atoms with Gasteiger partial charge in [-0.2, -0.15) is 0 Å². The van der Waals surface area contributed by atoms with Gasteiger partial charge in [0.15, 0.2) is 0 Å². The number of ether oxygens (including phenoxy) is 1. The molecule has 0 saturated carbocycles. The van der Waals surface area contributed by atoms with Gasteiger partial charge in [0, 0.05) is 37.1 Å². The largest absolute Gasteiger partial charge is 0.383 e. The Hall–Kier alpha value is -0.160. The van der Waals surface area contributed by atoms with Crippen LogP contribution < -0.4 is 0 Å². The molecule has 0 unspecified atom stereocenters. The first kappa shape index (κ1) is 14.9. The summed E-state index contributed by atoms with van der Waals surface area (Å²) in [5, 5.41) is 0. The Kier molecular flexibility index (Phi) is 7.04. The minimum atomic E-state index is -0.235. The van der Waals surface area contributed by atoms with Gasteiger partial charge in [-0.1, -0.05) is 22.0 Å². The summed E-state index contributed by atoms with van der Waals surface area (Å²) in [4.78, 5) is 2.18. The van der Waals surface area contributed by atoms with Crippen LogP contribution in [0.15, 0.2) is 22.7 Å². The number of hydrogen-bond donors (Lipinski definition) is 0. The fourth-order valence-electron chi connectivity index (χ4n) is 1.50. The van der Waals surface area contributed by atoms with Gasteiger partial charge < -0.3 is 4.74 Å². The second-order valence-corrected chi connectivity index (χ2v) is 4.93. The summed E-state index contributed by atoms with van der Waals surface area (Å²) in [6, 6.07) is 4.73. The molecule has 0 heterocycles. The van der Waals surface area contributed by atoms with E-state index >= 15 is 0 Å². The van der Waals surface area contributed by atoms with Crippen molar-refractivity contribution in [2.75, 3.05) is 32.7 Å². The highest BCUT2D eigenvalue weighted by Crippen LogP contribution is 2.19. The van der Waals surface area contributed by atoms with Gasteiger partial charge in [0.1, 0.15) is 5.82 Å². The van der Waals surface area contributed by atoms with E-state index in [-0.39, 0.29) is 5.82 Å². The Bertz CT molecular complexity index is 351. The van der Waals surface area contributed by atoms with Crippen molar-refractivity contribution in [2.24, 2.45) is 0 Å². The summed E-state index contributed by atoms with van der Waals surface area (Å²) in [5.41, 5.74) is 1.05. The van der Waals surface area contributed by atoms with Gasteiger partial charge in [0.25, 0.3) is 0 Å². The molecule has 0 atom stereocenters. The van der Waals surface area contributed by atoms with E-state index in [1.165, 1.54) is 12.1 Å². The summed E-state index contributed by atoms with van der Waals surface area (Å²) >= 11 is 9.12. The molecule has 0 aromatic heterocycles. The van der Waals surface area contributed by atoms with Gasteiger partial charge in [0.05, 0.1) is 6.61 Å². The van der Waals surface area contributed by atoms with E-state index in [4.69, 9.17) is 16.3 Å². The number of alkyl halides is 1. The van der Waals surface area contributed by atoms with E-state index in [1.807, 2.05) is 0 Å². The molecule has 0 aliphatic rings. The maximum atomic E-state index is 13.0. The summed E-state index contributed by atoms with van der Waals surface area (Å²) in [6.45, 7) is 2.99. The number of hydrogen-bond acceptors (Lipinski definition) is 2. The molecule has 0 radical (unpaired) electrons. The molecule has 0 spiro atoms. The van der Waals surface area contributed by atoms with Gasteiger partial charge in [-0.25, -0.2) is 4.39 Å². The van der Waals surface area contributed by atoms with Crippen LogP contribution in [0.4, 0.5) is 4.39 Å². The molecule has 0 N–H and O–H groups in total. The van der Waals surface area contributed by atoms with Crippen LogP contribution in [-0.2, 0) is 11.3 Å². The summed E-state index contributed by atoms with van der Waals surface area (Å²) in [7, 11) is 1.67. The van der Waals surface area contributed by atoms with Crippen molar-refractivity contribution in [3.05, 3.63) is 34.1 Å². The molecule has 0 fully saturated rings. The quantitative estimate of drug-likeness (QED) is 0.714. The fraction of sp³-hybridized carbons (Fsp3) is 0.500. The molecule has 2 nitrogen and oxygen atoms in total. The lowest BCUT2D eigenvalue weighted by molar-refractivity contribution is 0.148. The maximum Gasteiger partial charge on any atom is 0.124 e. The highest BCUT2D eigenvalue weighted by Gasteiger charge is 2.08. The molecule has 5 heteroatoms. The third-order valence-electron chi connectivity index (χ3n) is 2.42. The minimum Gasteiger partial charge on any atom is -0.383 e. The van der Waals surface area contributed by atoms with Crippen molar-refractivity contribution < 1.29 is 9.13 Å². The summed E-state index contributed by atoms with van der Waals surface area (Å²) in [6.07, 6.45) is 0. The maximum absolute atomic E-state index is 13.0. The van der Waals surface area contributed by atoms with Crippen molar-refractivity contribution in [3.8, 4) is 0 Å². The second-order valence-electron chi connectivity index (χ2n) is 3.69. The lowest BCUT2D eigenvalue weighted by Gasteiger charge is -2.21. The normalized spacial score (nSPS) is 11.1. The molecule has 1 aromatic rings. The third kappa shape index (κ3) is 5.34. The van der Waals surface area contributed by atoms with Gasteiger partial charge in [-0.3, -0.25) is 4.90 Å². The molecule has 1 aromatic carbocycles. The Labute approximate surface area is 115 Å². The van der Waals surface area contributed by atoms with Crippen LogP contribution in [-0.4, -0.2) is 37.6 Å². The lowest BCUT2D eigenvalue weighted by Crippen LogP contribution is -2.29. The molecule has 0 aliphatic heterocycles. The molecule has 96 valence electrons. The Balaban J connectivity index is 2.64. The number of rotatable bonds is 7. The number of halogens is 3. The predicted molar refractivity (Wildman–Crippen MR) is 72.0 cm³/mol. The van der Waals surface area contributed by atoms with Crippen LogP contribution in [0.1, 0.15) is 5.56 Å². The lowest BCUT2D eigenvalue weighted by atomic mass is 10.2. The van der Waals surface area contributed by atoms with Crippen LogP contribution in [0.25, 0.3) is 0 Å². The average Bonchev–Trinajstić information content (AvgIpc) is 2.29. The summed E-state index contributed by atoms with van der Waals surface area (Å²) < 4.78 is 18.8. The van der Waals surface area contributed by atoms with Gasteiger partial charge in [0.2, 0.25) is 0 Å². The highest BCUT2D eigenvalue weighted by atomic mass is 79.9. The van der Waals surface area contributed by atoms with Crippen molar-refractivity contribution in [1.82, 2.24) is 4.90 Å². The smallest absolute Gasteiger partial charge is 0.124 e. The Morgan fingerprint density at radius 1 is 1.41 bits per heavy atom. The van der Waals surface area contributed by atoms with Gasteiger partial charge in [-0.05, 0) is 17.7 Å². The monoisotopic (exact) mass is 323 g/mol. The fourth-order valence-corrected chi connectivity index (χ4v) is 2.22. The number of methoxy groups -OCH3 is 1. The van der Waals surface area contributed by atoms with Gasteiger partial charge in [-0.15, -0.1) is 11.6 Å². The predicted octanol–water partition coefficient (Wildman–Crippen LogP) is 3.28. The van der Waals surface area contributed by atoms with E-state index in [9.17, 15) is 4.39 Å². The number of benzene rings is 1. The standard InChI is InChI=1S/C12H16BrClFNO/c1-17-7-6-16(5-4-14)9-10-2-3-11(15)8-12(10)13/h2-3,8H,4-7,9H2,1H3. The van der Waals surface area contributed by atoms with Crippen LogP contribution in [0, 0.1) is 5.82 Å². The zero-order valence-corrected chi connectivity index (χ0v) is 12.1. The van der Waals surface area contributed by atoms with Crippen molar-refractivity contribution >= 4 is 27.5 Å². The Morgan fingerprint density at radius 2 is 2.18 bits per heavy atom. The molecule has 0 saturated heterocycles. The average molecular weight is 325 g/mol. The summed E-state index contributed by atoms with van der Waals surface area (Å²) in [5.74, 6) is 0.337. The molecule has 0 amide bonds. The SMILES string of the molecule is COCCN(CCCl)Cc1ccc(F)cc1Br. The van der Waals surface area contributed by atoms with E-state index in [0.29, 0.717) is 12.5 Å². The van der Waals surface area contributed by atoms with Crippen molar-refractivity contribution in [1.29, 1.82) is 0 Å². The third-order valence-corrected chi connectivity index (χ3v) is 3.33. The van der Waals surface area contributed by atoms with Crippen LogP contribution >= 0.6 is 27.5 Å². The zero-order valence-electron chi connectivity index (χ0n) is 9.76. The minimum absolute atomic E-state index is 0.235. The van der Waals surface area contributed by atoms with E-state index < -0.39 is 0 Å². The van der Waals surface area contributed by atoms with Crippen molar-refractivity contribution in [3.63, 3.8) is 0 Å². The Morgan fingerprint density at radius 3 is 2.76 bits per heavy atom. The first-order valence-electron chi connectivity index (χ1n) is 5.38. The molecular formula is C12H16BrClFNO. The second kappa shape index (κ2) is 8.03. The van der Waals surface area contributed by atoms with Crippen LogP contribution in [0.5, 0.6) is 0 Å². The topological polar surface area (TPSA) is 12.5 Å². The molecular weight excluding hydrogens is 308 g/mol. The molecule has 0 aliphatic carbocycles. The highest BCUT2D eigenvalue weighted by molar-refractivity contribution is 9.10. The first-order valence-corrected chi connectivity index (χ1v) is 6.71. The zero-order chi connectivity index (χ0) is 12.7. The van der Waals surface area contributed by atoms with Gasteiger partial charge >= 0.3 is 0 Å².